The summed E-state index contributed by atoms with van der Waals surface area (Å²) in [7, 11) is 1.65. The number of aromatic nitrogens is 1. The first-order valence-corrected chi connectivity index (χ1v) is 7.19. The van der Waals surface area contributed by atoms with E-state index in [9.17, 15) is 4.79 Å². The Morgan fingerprint density at radius 1 is 1.24 bits per heavy atom. The Balaban J connectivity index is 1.68. The Labute approximate surface area is 124 Å². The van der Waals surface area contributed by atoms with Crippen molar-refractivity contribution in [1.82, 2.24) is 10.3 Å². The minimum Gasteiger partial charge on any atom is -0.382 e. The van der Waals surface area contributed by atoms with Crippen LogP contribution in [0.1, 0.15) is 12.0 Å². The van der Waals surface area contributed by atoms with E-state index in [2.05, 4.69) is 10.3 Å². The van der Waals surface area contributed by atoms with Gasteiger partial charge < -0.3 is 19.8 Å². The van der Waals surface area contributed by atoms with Crippen molar-refractivity contribution in [2.24, 2.45) is 0 Å². The van der Waals surface area contributed by atoms with Crippen molar-refractivity contribution in [1.29, 1.82) is 0 Å². The highest BCUT2D eigenvalue weighted by atomic mass is 16.5. The fourth-order valence-corrected chi connectivity index (χ4v) is 2.16. The van der Waals surface area contributed by atoms with Crippen LogP contribution in [0, 0.1) is 0 Å². The first-order chi connectivity index (χ1) is 10.3. The van der Waals surface area contributed by atoms with Crippen molar-refractivity contribution < 1.29 is 14.3 Å². The molecule has 21 heavy (non-hydrogen) atoms. The zero-order valence-electron chi connectivity index (χ0n) is 12.4. The monoisotopic (exact) mass is 290 g/mol. The number of methoxy groups -OCH3 is 1. The van der Waals surface area contributed by atoms with Gasteiger partial charge in [0.05, 0.1) is 19.6 Å². The molecule has 0 unspecified atom stereocenters. The zero-order chi connectivity index (χ0) is 14.9. The number of para-hydroxylation sites is 1. The van der Waals surface area contributed by atoms with Crippen LogP contribution in [0.5, 0.6) is 0 Å². The van der Waals surface area contributed by atoms with Gasteiger partial charge in [0.25, 0.3) is 0 Å². The van der Waals surface area contributed by atoms with Gasteiger partial charge >= 0.3 is 0 Å². The van der Waals surface area contributed by atoms with Gasteiger partial charge in [-0.15, -0.1) is 0 Å². The Morgan fingerprint density at radius 2 is 2.10 bits per heavy atom. The van der Waals surface area contributed by atoms with Gasteiger partial charge in [0.15, 0.2) is 0 Å². The van der Waals surface area contributed by atoms with Crippen molar-refractivity contribution in [3.05, 3.63) is 36.0 Å². The molecule has 5 nitrogen and oxygen atoms in total. The summed E-state index contributed by atoms with van der Waals surface area (Å²) in [6, 6.07) is 7.99. The van der Waals surface area contributed by atoms with Crippen molar-refractivity contribution >= 4 is 16.8 Å². The molecule has 0 aliphatic heterocycles. The number of carbonyl (C=O) groups excluding carboxylic acids is 1. The van der Waals surface area contributed by atoms with Crippen LogP contribution in [-0.2, 0) is 20.7 Å². The molecule has 0 aliphatic rings. The van der Waals surface area contributed by atoms with Gasteiger partial charge in [-0.25, -0.2) is 0 Å². The molecule has 0 saturated heterocycles. The lowest BCUT2D eigenvalue weighted by Gasteiger charge is -2.06. The van der Waals surface area contributed by atoms with Crippen LogP contribution >= 0.6 is 0 Å². The average molecular weight is 290 g/mol. The summed E-state index contributed by atoms with van der Waals surface area (Å²) >= 11 is 0. The van der Waals surface area contributed by atoms with Gasteiger partial charge in [0.2, 0.25) is 5.91 Å². The van der Waals surface area contributed by atoms with E-state index in [1.807, 2.05) is 30.5 Å². The molecule has 5 heteroatoms. The number of benzene rings is 1. The highest BCUT2D eigenvalue weighted by Crippen LogP contribution is 2.17. The van der Waals surface area contributed by atoms with Gasteiger partial charge in [-0.1, -0.05) is 18.2 Å². The summed E-state index contributed by atoms with van der Waals surface area (Å²) in [6.07, 6.45) is 3.11. The second-order valence-corrected chi connectivity index (χ2v) is 4.84. The molecule has 0 spiro atoms. The summed E-state index contributed by atoms with van der Waals surface area (Å²) in [5.41, 5.74) is 2.09. The molecule has 1 heterocycles. The summed E-state index contributed by atoms with van der Waals surface area (Å²) in [6.45, 7) is 2.47. The van der Waals surface area contributed by atoms with Crippen LogP contribution in [0.4, 0.5) is 0 Å². The number of H-pyrrole nitrogens is 1. The lowest BCUT2D eigenvalue weighted by atomic mass is 10.1. The van der Waals surface area contributed by atoms with Crippen LogP contribution in [-0.4, -0.2) is 44.4 Å². The Hall–Kier alpha value is -1.85. The summed E-state index contributed by atoms with van der Waals surface area (Å²) in [4.78, 5) is 15.1. The van der Waals surface area contributed by atoms with E-state index in [0.29, 0.717) is 32.8 Å². The van der Waals surface area contributed by atoms with Gasteiger partial charge in [-0.05, 0) is 18.1 Å². The minimum atomic E-state index is 0.0386. The number of aromatic amines is 1. The first kappa shape index (κ1) is 15.5. The third-order valence-electron chi connectivity index (χ3n) is 3.25. The highest BCUT2D eigenvalue weighted by molar-refractivity contribution is 5.88. The first-order valence-electron chi connectivity index (χ1n) is 7.19. The number of rotatable bonds is 9. The Bertz CT molecular complexity index is 565. The number of hydrogen-bond acceptors (Lipinski definition) is 3. The number of hydrogen-bond donors (Lipinski definition) is 2. The molecular formula is C16H22N2O3. The van der Waals surface area contributed by atoms with Crippen LogP contribution in [0.25, 0.3) is 10.9 Å². The lowest BCUT2D eigenvalue weighted by Crippen LogP contribution is -2.26. The molecule has 114 valence electrons. The molecule has 0 bridgehead atoms. The second kappa shape index (κ2) is 8.44. The average Bonchev–Trinajstić information content (AvgIpc) is 2.90. The van der Waals surface area contributed by atoms with Crippen LogP contribution in [0.3, 0.4) is 0 Å². The fourth-order valence-electron chi connectivity index (χ4n) is 2.16. The van der Waals surface area contributed by atoms with Crippen LogP contribution in [0.15, 0.2) is 30.5 Å². The predicted octanol–water partition coefficient (Wildman–Crippen LogP) is 1.88. The maximum absolute atomic E-state index is 11.9. The lowest BCUT2D eigenvalue weighted by molar-refractivity contribution is -0.120. The molecule has 0 atom stereocenters. The quantitative estimate of drug-likeness (QED) is 0.693. The topological polar surface area (TPSA) is 63.4 Å². The third-order valence-corrected chi connectivity index (χ3v) is 3.25. The normalized spacial score (nSPS) is 10.9. The molecule has 1 amide bonds. The Morgan fingerprint density at radius 3 is 2.95 bits per heavy atom. The molecule has 0 fully saturated rings. The van der Waals surface area contributed by atoms with E-state index >= 15 is 0 Å². The van der Waals surface area contributed by atoms with Crippen LogP contribution in [0.2, 0.25) is 0 Å². The maximum atomic E-state index is 11.9. The molecular weight excluding hydrogens is 268 g/mol. The molecule has 2 aromatic rings. The zero-order valence-corrected chi connectivity index (χ0v) is 12.4. The predicted molar refractivity (Wildman–Crippen MR) is 82.3 cm³/mol. The number of carbonyl (C=O) groups is 1. The number of amides is 1. The SMILES string of the molecule is COCCOCCCNC(=O)Cc1c[nH]c2ccccc12. The summed E-state index contributed by atoms with van der Waals surface area (Å²) in [5.74, 6) is 0.0386. The van der Waals surface area contributed by atoms with E-state index in [-0.39, 0.29) is 5.91 Å². The maximum Gasteiger partial charge on any atom is 0.224 e. The van der Waals surface area contributed by atoms with E-state index in [1.54, 1.807) is 7.11 Å². The van der Waals surface area contributed by atoms with Crippen molar-refractivity contribution in [2.75, 3.05) is 33.5 Å². The fraction of sp³-hybridized carbons (Fsp3) is 0.438. The second-order valence-electron chi connectivity index (χ2n) is 4.84. The van der Waals surface area contributed by atoms with E-state index in [1.165, 1.54) is 0 Å². The van der Waals surface area contributed by atoms with Gasteiger partial charge in [-0.3, -0.25) is 4.79 Å². The van der Waals surface area contributed by atoms with Crippen molar-refractivity contribution in [3.63, 3.8) is 0 Å². The van der Waals surface area contributed by atoms with Crippen LogP contribution < -0.4 is 5.32 Å². The largest absolute Gasteiger partial charge is 0.382 e. The summed E-state index contributed by atoms with van der Waals surface area (Å²) in [5, 5.41) is 4.02. The van der Waals surface area contributed by atoms with Crippen molar-refractivity contribution in [2.45, 2.75) is 12.8 Å². The Kier molecular flexibility index (Phi) is 6.24. The summed E-state index contributed by atoms with van der Waals surface area (Å²) < 4.78 is 10.2. The molecule has 0 saturated carbocycles. The molecule has 1 aromatic carbocycles. The standard InChI is InChI=1S/C16H22N2O3/c1-20-9-10-21-8-4-7-17-16(19)11-13-12-18-15-6-3-2-5-14(13)15/h2-3,5-6,12,18H,4,7-11H2,1H3,(H,17,19). The van der Waals surface area contributed by atoms with E-state index in [0.717, 1.165) is 22.9 Å². The smallest absolute Gasteiger partial charge is 0.224 e. The van der Waals surface area contributed by atoms with Gasteiger partial charge in [-0.2, -0.15) is 0 Å². The molecule has 0 aliphatic carbocycles. The molecule has 0 radical (unpaired) electrons. The minimum absolute atomic E-state index is 0.0386. The molecule has 2 N–H and O–H groups in total. The number of ether oxygens (including phenoxy) is 2. The van der Waals surface area contributed by atoms with E-state index in [4.69, 9.17) is 9.47 Å². The van der Waals surface area contributed by atoms with Crippen molar-refractivity contribution in [3.8, 4) is 0 Å². The molecule has 1 aromatic heterocycles. The van der Waals surface area contributed by atoms with Gasteiger partial charge in [0, 0.05) is 37.4 Å². The number of fused-ring (bicyclic) bond motifs is 1. The van der Waals surface area contributed by atoms with Gasteiger partial charge in [0.1, 0.15) is 0 Å². The highest BCUT2D eigenvalue weighted by Gasteiger charge is 2.07. The third kappa shape index (κ3) is 4.88. The van der Waals surface area contributed by atoms with E-state index < -0.39 is 0 Å². The number of nitrogens with one attached hydrogen (secondary N) is 2. The molecule has 2 rings (SSSR count).